The van der Waals surface area contributed by atoms with Gasteiger partial charge in [-0.05, 0) is 42.5 Å². The highest BCUT2D eigenvalue weighted by Gasteiger charge is 2.22. The Hall–Kier alpha value is -1.89. The summed E-state index contributed by atoms with van der Waals surface area (Å²) in [4.78, 5) is 12.4. The van der Waals surface area contributed by atoms with Crippen LogP contribution in [0, 0.1) is 0 Å². The van der Waals surface area contributed by atoms with Crippen molar-refractivity contribution in [1.29, 1.82) is 0 Å². The van der Waals surface area contributed by atoms with Crippen molar-refractivity contribution in [1.82, 2.24) is 4.31 Å². The fourth-order valence-corrected chi connectivity index (χ4v) is 3.88. The third-order valence-electron chi connectivity index (χ3n) is 3.54. The maximum atomic E-state index is 12.5. The molecule has 0 fully saturated rings. The van der Waals surface area contributed by atoms with Gasteiger partial charge in [0, 0.05) is 29.4 Å². The Morgan fingerprint density at radius 3 is 2.29 bits per heavy atom. The minimum absolute atomic E-state index is 0.106. The molecule has 0 unspecified atom stereocenters. The molecule has 24 heavy (non-hydrogen) atoms. The lowest BCUT2D eigenvalue weighted by Crippen LogP contribution is -2.30. The molecule has 0 radical (unpaired) electrons. The Morgan fingerprint density at radius 2 is 1.71 bits per heavy atom. The minimum Gasteiger partial charge on any atom is -0.322 e. The van der Waals surface area contributed by atoms with Crippen molar-refractivity contribution in [2.75, 3.05) is 18.4 Å². The smallest absolute Gasteiger partial charge is 0.255 e. The Balaban J connectivity index is 2.26. The molecule has 0 saturated heterocycles. The van der Waals surface area contributed by atoms with E-state index in [1.807, 2.05) is 0 Å². The van der Waals surface area contributed by atoms with E-state index in [4.69, 9.17) is 11.6 Å². The highest BCUT2D eigenvalue weighted by molar-refractivity contribution is 7.89. The van der Waals surface area contributed by atoms with Gasteiger partial charge < -0.3 is 5.32 Å². The van der Waals surface area contributed by atoms with Gasteiger partial charge >= 0.3 is 0 Å². The molecule has 2 aromatic rings. The van der Waals surface area contributed by atoms with E-state index in [1.165, 1.54) is 16.4 Å². The number of carbonyl (C=O) groups excluding carboxylic acids is 1. The van der Waals surface area contributed by atoms with E-state index >= 15 is 0 Å². The van der Waals surface area contributed by atoms with Crippen molar-refractivity contribution >= 4 is 33.2 Å². The van der Waals surface area contributed by atoms with Gasteiger partial charge in [0.05, 0.1) is 4.90 Å². The highest BCUT2D eigenvalue weighted by atomic mass is 35.5. The Morgan fingerprint density at radius 1 is 1.08 bits per heavy atom. The van der Waals surface area contributed by atoms with Crippen molar-refractivity contribution in [2.45, 2.75) is 18.7 Å². The van der Waals surface area contributed by atoms with Crippen LogP contribution < -0.4 is 5.32 Å². The molecule has 2 aromatic carbocycles. The zero-order valence-corrected chi connectivity index (χ0v) is 15.1. The number of nitrogens with zero attached hydrogens (tertiary/aromatic N) is 1. The molecule has 5 nitrogen and oxygen atoms in total. The lowest BCUT2D eigenvalue weighted by Gasteiger charge is -2.18. The summed E-state index contributed by atoms with van der Waals surface area (Å²) in [6.45, 7) is 4.30. The van der Waals surface area contributed by atoms with Crippen LogP contribution in [0.1, 0.15) is 24.2 Å². The standard InChI is InChI=1S/C17H19ClN2O3S/c1-3-20(4-2)24(22,23)16-7-5-6-13(12-16)17(21)19-15-10-8-14(18)9-11-15/h5-12H,3-4H2,1-2H3,(H,19,21). The van der Waals surface area contributed by atoms with Crippen LogP contribution in [0.25, 0.3) is 0 Å². The molecule has 0 aliphatic carbocycles. The molecule has 0 saturated carbocycles. The van der Waals surface area contributed by atoms with Crippen molar-refractivity contribution in [3.05, 3.63) is 59.1 Å². The van der Waals surface area contributed by atoms with Crippen molar-refractivity contribution in [3.8, 4) is 0 Å². The first kappa shape index (κ1) is 18.4. The van der Waals surface area contributed by atoms with Crippen molar-refractivity contribution < 1.29 is 13.2 Å². The molecule has 2 rings (SSSR count). The average Bonchev–Trinajstić information content (AvgIpc) is 2.58. The summed E-state index contributed by atoms with van der Waals surface area (Å²) in [5.74, 6) is -0.381. The van der Waals surface area contributed by atoms with Gasteiger partial charge in [-0.1, -0.05) is 31.5 Å². The van der Waals surface area contributed by atoms with Crippen LogP contribution in [0.15, 0.2) is 53.4 Å². The lowest BCUT2D eigenvalue weighted by atomic mass is 10.2. The van der Waals surface area contributed by atoms with Gasteiger partial charge in [-0.15, -0.1) is 0 Å². The van der Waals surface area contributed by atoms with Gasteiger partial charge in [0.25, 0.3) is 5.91 Å². The SMILES string of the molecule is CCN(CC)S(=O)(=O)c1cccc(C(=O)Nc2ccc(Cl)cc2)c1. The third-order valence-corrected chi connectivity index (χ3v) is 5.84. The van der Waals surface area contributed by atoms with Crippen LogP contribution in [0.3, 0.4) is 0 Å². The van der Waals surface area contributed by atoms with E-state index in [0.717, 1.165) is 0 Å². The number of benzene rings is 2. The summed E-state index contributed by atoms with van der Waals surface area (Å²) >= 11 is 5.81. The number of halogens is 1. The number of amides is 1. The topological polar surface area (TPSA) is 66.5 Å². The van der Waals surface area contributed by atoms with Gasteiger partial charge in [-0.25, -0.2) is 8.42 Å². The summed E-state index contributed by atoms with van der Waals surface area (Å²) in [6, 6.07) is 12.7. The number of nitrogens with one attached hydrogen (secondary N) is 1. The van der Waals surface area contributed by atoms with E-state index in [9.17, 15) is 13.2 Å². The van der Waals surface area contributed by atoms with Crippen LogP contribution in [0.5, 0.6) is 0 Å². The predicted molar refractivity (Wildman–Crippen MR) is 96.0 cm³/mol. The normalized spacial score (nSPS) is 11.5. The number of hydrogen-bond donors (Lipinski definition) is 1. The number of carbonyl (C=O) groups is 1. The van der Waals surface area contributed by atoms with Gasteiger partial charge in [0.15, 0.2) is 0 Å². The van der Waals surface area contributed by atoms with E-state index in [2.05, 4.69) is 5.32 Å². The lowest BCUT2D eigenvalue weighted by molar-refractivity contribution is 0.102. The highest BCUT2D eigenvalue weighted by Crippen LogP contribution is 2.19. The molecule has 0 bridgehead atoms. The monoisotopic (exact) mass is 366 g/mol. The Labute approximate surface area is 147 Å². The summed E-state index contributed by atoms with van der Waals surface area (Å²) in [6.07, 6.45) is 0. The number of anilines is 1. The van der Waals surface area contributed by atoms with Crippen LogP contribution in [-0.4, -0.2) is 31.7 Å². The first-order valence-corrected chi connectivity index (χ1v) is 9.37. The third kappa shape index (κ3) is 4.14. The molecule has 128 valence electrons. The van der Waals surface area contributed by atoms with E-state index < -0.39 is 10.0 Å². The molecule has 0 aliphatic rings. The second kappa shape index (κ2) is 7.79. The molecular weight excluding hydrogens is 348 g/mol. The predicted octanol–water partition coefficient (Wildman–Crippen LogP) is 3.62. The molecular formula is C17H19ClN2O3S. The van der Waals surface area contributed by atoms with Crippen LogP contribution in [0.2, 0.25) is 5.02 Å². The van der Waals surface area contributed by atoms with E-state index in [-0.39, 0.29) is 16.4 Å². The van der Waals surface area contributed by atoms with E-state index in [1.54, 1.807) is 50.2 Å². The first-order chi connectivity index (χ1) is 11.4. The number of sulfonamides is 1. The molecule has 0 heterocycles. The quantitative estimate of drug-likeness (QED) is 0.849. The van der Waals surface area contributed by atoms with Gasteiger partial charge in [0.1, 0.15) is 0 Å². The molecule has 1 amide bonds. The second-order valence-electron chi connectivity index (χ2n) is 5.08. The fraction of sp³-hybridized carbons (Fsp3) is 0.235. The summed E-state index contributed by atoms with van der Waals surface area (Å²) in [5.41, 5.74) is 0.861. The summed E-state index contributed by atoms with van der Waals surface area (Å²) in [5, 5.41) is 3.29. The van der Waals surface area contributed by atoms with Gasteiger partial charge in [0.2, 0.25) is 10.0 Å². The number of hydrogen-bond acceptors (Lipinski definition) is 3. The van der Waals surface area contributed by atoms with Gasteiger partial charge in [-0.2, -0.15) is 4.31 Å². The fourth-order valence-electron chi connectivity index (χ4n) is 2.25. The Bertz CT molecular complexity index is 816. The first-order valence-electron chi connectivity index (χ1n) is 7.55. The number of rotatable bonds is 6. The molecule has 0 aliphatic heterocycles. The largest absolute Gasteiger partial charge is 0.322 e. The van der Waals surface area contributed by atoms with Crippen LogP contribution in [0.4, 0.5) is 5.69 Å². The average molecular weight is 367 g/mol. The van der Waals surface area contributed by atoms with Crippen molar-refractivity contribution in [2.24, 2.45) is 0 Å². The maximum Gasteiger partial charge on any atom is 0.255 e. The molecule has 0 atom stereocenters. The maximum absolute atomic E-state index is 12.5. The second-order valence-corrected chi connectivity index (χ2v) is 7.45. The molecule has 7 heteroatoms. The van der Waals surface area contributed by atoms with Crippen molar-refractivity contribution in [3.63, 3.8) is 0 Å². The van der Waals surface area contributed by atoms with Crippen LogP contribution >= 0.6 is 11.6 Å². The molecule has 1 N–H and O–H groups in total. The summed E-state index contributed by atoms with van der Waals surface area (Å²) < 4.78 is 26.4. The zero-order chi connectivity index (χ0) is 17.7. The molecule has 0 spiro atoms. The van der Waals surface area contributed by atoms with Crippen LogP contribution in [-0.2, 0) is 10.0 Å². The minimum atomic E-state index is -3.60. The zero-order valence-electron chi connectivity index (χ0n) is 13.5. The van der Waals surface area contributed by atoms with Gasteiger partial charge in [-0.3, -0.25) is 4.79 Å². The molecule has 0 aromatic heterocycles. The summed E-state index contributed by atoms with van der Waals surface area (Å²) in [7, 11) is -3.60. The Kier molecular flexibility index (Phi) is 5.99. The van der Waals surface area contributed by atoms with E-state index in [0.29, 0.717) is 23.8 Å².